The van der Waals surface area contributed by atoms with Crippen molar-refractivity contribution in [3.05, 3.63) is 0 Å². The fourth-order valence-electron chi connectivity index (χ4n) is 2.29. The van der Waals surface area contributed by atoms with Crippen LogP contribution in [0, 0.1) is 5.41 Å². The molecule has 1 fully saturated rings. The highest BCUT2D eigenvalue weighted by Gasteiger charge is 2.41. The highest BCUT2D eigenvalue weighted by molar-refractivity contribution is 5.95. The quantitative estimate of drug-likeness (QED) is 0.758. The number of amides is 2. The predicted molar refractivity (Wildman–Crippen MR) is 67.5 cm³/mol. The van der Waals surface area contributed by atoms with Crippen LogP contribution in [0.4, 0.5) is 0 Å². The summed E-state index contributed by atoms with van der Waals surface area (Å²) in [5.41, 5.74) is -0.216. The zero-order valence-corrected chi connectivity index (χ0v) is 11.4. The summed E-state index contributed by atoms with van der Waals surface area (Å²) < 4.78 is 0. The zero-order valence-electron chi connectivity index (χ0n) is 11.4. The van der Waals surface area contributed by atoms with Crippen molar-refractivity contribution in [1.82, 2.24) is 10.2 Å². The van der Waals surface area contributed by atoms with Crippen molar-refractivity contribution in [2.75, 3.05) is 13.1 Å². The van der Waals surface area contributed by atoms with Gasteiger partial charge in [0, 0.05) is 6.54 Å². The van der Waals surface area contributed by atoms with Crippen molar-refractivity contribution in [3.8, 4) is 0 Å². The van der Waals surface area contributed by atoms with Gasteiger partial charge in [0.25, 0.3) is 0 Å². The van der Waals surface area contributed by atoms with Crippen molar-refractivity contribution < 1.29 is 9.59 Å². The van der Waals surface area contributed by atoms with Gasteiger partial charge in [0.15, 0.2) is 0 Å². The lowest BCUT2D eigenvalue weighted by atomic mass is 9.83. The lowest BCUT2D eigenvalue weighted by molar-refractivity contribution is -0.150. The Morgan fingerprint density at radius 1 is 1.29 bits per heavy atom. The lowest BCUT2D eigenvalue weighted by Gasteiger charge is -2.42. The second-order valence-corrected chi connectivity index (χ2v) is 5.78. The summed E-state index contributed by atoms with van der Waals surface area (Å²) >= 11 is 0. The molecule has 98 valence electrons. The molecule has 1 rings (SSSR count). The first-order chi connectivity index (χ1) is 7.88. The third-order valence-electron chi connectivity index (χ3n) is 3.12. The van der Waals surface area contributed by atoms with Crippen molar-refractivity contribution in [3.63, 3.8) is 0 Å². The van der Waals surface area contributed by atoms with E-state index in [0.717, 1.165) is 19.3 Å². The zero-order chi connectivity index (χ0) is 13.1. The molecule has 1 saturated heterocycles. The number of unbranched alkanes of at least 4 members (excludes halogenated alkanes) is 2. The summed E-state index contributed by atoms with van der Waals surface area (Å²) in [5.74, 6) is 0.0224. The van der Waals surface area contributed by atoms with Gasteiger partial charge in [0.1, 0.15) is 6.04 Å². The molecule has 0 aromatic carbocycles. The van der Waals surface area contributed by atoms with Gasteiger partial charge in [-0.25, -0.2) is 0 Å². The van der Waals surface area contributed by atoms with Gasteiger partial charge in [-0.05, 0) is 11.8 Å². The van der Waals surface area contributed by atoms with Crippen LogP contribution in [0.25, 0.3) is 0 Å². The molecular weight excluding hydrogens is 216 g/mol. The van der Waals surface area contributed by atoms with E-state index in [9.17, 15) is 9.59 Å². The van der Waals surface area contributed by atoms with Crippen molar-refractivity contribution in [2.45, 2.75) is 53.0 Å². The maximum Gasteiger partial charge on any atom is 0.243 e. The van der Waals surface area contributed by atoms with E-state index < -0.39 is 0 Å². The number of hydrogen-bond acceptors (Lipinski definition) is 2. The number of rotatable bonds is 4. The Morgan fingerprint density at radius 3 is 2.47 bits per heavy atom. The number of nitrogens with one attached hydrogen (secondary N) is 1. The van der Waals surface area contributed by atoms with Gasteiger partial charge in [-0.3, -0.25) is 9.59 Å². The molecule has 17 heavy (non-hydrogen) atoms. The van der Waals surface area contributed by atoms with Crippen molar-refractivity contribution >= 4 is 11.8 Å². The van der Waals surface area contributed by atoms with Crippen LogP contribution in [0.2, 0.25) is 0 Å². The first-order valence-corrected chi connectivity index (χ1v) is 6.45. The van der Waals surface area contributed by atoms with E-state index in [0.29, 0.717) is 6.54 Å². The highest BCUT2D eigenvalue weighted by atomic mass is 16.2. The van der Waals surface area contributed by atoms with Crippen LogP contribution in [0.15, 0.2) is 0 Å². The Hall–Kier alpha value is -1.06. The smallest absolute Gasteiger partial charge is 0.243 e. The number of carbonyl (C=O) groups is 2. The number of nitrogens with zero attached hydrogens (tertiary/aromatic N) is 1. The molecule has 1 heterocycles. The van der Waals surface area contributed by atoms with E-state index in [1.54, 1.807) is 4.90 Å². The maximum atomic E-state index is 11.9. The molecule has 1 aliphatic heterocycles. The molecule has 0 aromatic rings. The minimum absolute atomic E-state index is 0.0198. The van der Waals surface area contributed by atoms with E-state index >= 15 is 0 Å². The van der Waals surface area contributed by atoms with Gasteiger partial charge in [-0.15, -0.1) is 0 Å². The third-order valence-corrected chi connectivity index (χ3v) is 3.12. The molecule has 0 saturated carbocycles. The normalized spacial score (nSPS) is 21.6. The molecule has 0 aromatic heterocycles. The maximum absolute atomic E-state index is 11.9. The van der Waals surface area contributed by atoms with Gasteiger partial charge >= 0.3 is 0 Å². The second kappa shape index (κ2) is 5.52. The topological polar surface area (TPSA) is 49.4 Å². The summed E-state index contributed by atoms with van der Waals surface area (Å²) in [6.45, 7) is 8.99. The Morgan fingerprint density at radius 2 is 1.94 bits per heavy atom. The molecular formula is C13H24N2O2. The van der Waals surface area contributed by atoms with Crippen molar-refractivity contribution in [1.29, 1.82) is 0 Å². The van der Waals surface area contributed by atoms with Gasteiger partial charge in [0.05, 0.1) is 6.54 Å². The first kappa shape index (κ1) is 14.0. The minimum Gasteiger partial charge on any atom is -0.345 e. The average molecular weight is 240 g/mol. The summed E-state index contributed by atoms with van der Waals surface area (Å²) in [6, 6.07) is -0.333. The molecule has 0 radical (unpaired) electrons. The van der Waals surface area contributed by atoms with E-state index in [4.69, 9.17) is 0 Å². The molecule has 0 bridgehead atoms. The van der Waals surface area contributed by atoms with Crippen molar-refractivity contribution in [2.24, 2.45) is 5.41 Å². The van der Waals surface area contributed by atoms with Crippen LogP contribution < -0.4 is 5.32 Å². The number of piperazine rings is 1. The molecule has 0 spiro atoms. The van der Waals surface area contributed by atoms with Crippen LogP contribution in [0.1, 0.15) is 47.0 Å². The number of carbonyl (C=O) groups excluding carboxylic acids is 2. The Kier molecular flexibility index (Phi) is 4.54. The van der Waals surface area contributed by atoms with Crippen LogP contribution >= 0.6 is 0 Å². The molecule has 4 heteroatoms. The third kappa shape index (κ3) is 3.45. The summed E-state index contributed by atoms with van der Waals surface area (Å²) in [7, 11) is 0. The fraction of sp³-hybridized carbons (Fsp3) is 0.846. The largest absolute Gasteiger partial charge is 0.345 e. The fourth-order valence-corrected chi connectivity index (χ4v) is 2.29. The highest BCUT2D eigenvalue weighted by Crippen LogP contribution is 2.26. The Labute approximate surface area is 104 Å². The molecule has 1 unspecified atom stereocenters. The van der Waals surface area contributed by atoms with E-state index in [1.807, 2.05) is 20.8 Å². The summed E-state index contributed by atoms with van der Waals surface area (Å²) in [6.07, 6.45) is 3.19. The van der Waals surface area contributed by atoms with Crippen LogP contribution in [0.3, 0.4) is 0 Å². The minimum atomic E-state index is -0.333. The summed E-state index contributed by atoms with van der Waals surface area (Å²) in [5, 5.41) is 2.68. The lowest BCUT2D eigenvalue weighted by Crippen LogP contribution is -2.62. The van der Waals surface area contributed by atoms with Gasteiger partial charge in [-0.2, -0.15) is 0 Å². The van der Waals surface area contributed by atoms with E-state index in [2.05, 4.69) is 12.2 Å². The van der Waals surface area contributed by atoms with Gasteiger partial charge in [-0.1, -0.05) is 40.5 Å². The summed E-state index contributed by atoms with van der Waals surface area (Å²) in [4.78, 5) is 25.6. The standard InChI is InChI=1S/C13H24N2O2/c1-5-6-7-8-15-10(16)9-14-12(17)11(15)13(2,3)4/h11H,5-9H2,1-4H3,(H,14,17). The average Bonchev–Trinajstić information content (AvgIpc) is 2.21. The molecule has 1 N–H and O–H groups in total. The molecule has 1 aliphatic rings. The predicted octanol–water partition coefficient (Wildman–Crippen LogP) is 1.55. The molecule has 4 nitrogen and oxygen atoms in total. The van der Waals surface area contributed by atoms with E-state index in [1.165, 1.54) is 0 Å². The second-order valence-electron chi connectivity index (χ2n) is 5.78. The Balaban J connectivity index is 2.77. The SMILES string of the molecule is CCCCCN1C(=O)CNC(=O)C1C(C)(C)C. The molecule has 2 amide bonds. The number of hydrogen-bond donors (Lipinski definition) is 1. The monoisotopic (exact) mass is 240 g/mol. The van der Waals surface area contributed by atoms with Gasteiger partial charge in [0.2, 0.25) is 11.8 Å². The van der Waals surface area contributed by atoms with E-state index in [-0.39, 0.29) is 29.8 Å². The van der Waals surface area contributed by atoms with Crippen LogP contribution in [-0.4, -0.2) is 35.8 Å². The molecule has 1 atom stereocenters. The van der Waals surface area contributed by atoms with Gasteiger partial charge < -0.3 is 10.2 Å². The van der Waals surface area contributed by atoms with Crippen LogP contribution in [0.5, 0.6) is 0 Å². The molecule has 0 aliphatic carbocycles. The first-order valence-electron chi connectivity index (χ1n) is 6.45. The Bertz CT molecular complexity index is 294. The van der Waals surface area contributed by atoms with Crippen LogP contribution in [-0.2, 0) is 9.59 Å².